The van der Waals surface area contributed by atoms with Gasteiger partial charge in [0.05, 0.1) is 18.8 Å². The van der Waals surface area contributed by atoms with E-state index in [2.05, 4.69) is 14.9 Å². The van der Waals surface area contributed by atoms with Crippen molar-refractivity contribution in [3.8, 4) is 11.4 Å². The van der Waals surface area contributed by atoms with Crippen molar-refractivity contribution in [2.75, 3.05) is 36.9 Å². The van der Waals surface area contributed by atoms with E-state index in [9.17, 15) is 4.79 Å². The van der Waals surface area contributed by atoms with Gasteiger partial charge < -0.3 is 19.8 Å². The van der Waals surface area contributed by atoms with Gasteiger partial charge in [0, 0.05) is 42.9 Å². The summed E-state index contributed by atoms with van der Waals surface area (Å²) in [5, 5.41) is 0.940. The number of nitrogens with zero attached hydrogens (tertiary/aromatic N) is 5. The fourth-order valence-electron chi connectivity index (χ4n) is 4.28. The molecule has 3 aromatic heterocycles. The zero-order valence-corrected chi connectivity index (χ0v) is 18.8. The minimum atomic E-state index is -0.0895. The third-order valence-corrected chi connectivity index (χ3v) is 6.06. The number of hydrogen-bond donors (Lipinski definition) is 1. The Bertz CT molecular complexity index is 1540. The van der Waals surface area contributed by atoms with E-state index in [1.54, 1.807) is 0 Å². The van der Waals surface area contributed by atoms with Crippen LogP contribution in [0.15, 0.2) is 65.3 Å². The smallest absolute Gasteiger partial charge is 0.219 e. The number of carbonyl (C=O) groups excluding carboxylic acids is 1. The highest BCUT2D eigenvalue weighted by Crippen LogP contribution is 2.35. The summed E-state index contributed by atoms with van der Waals surface area (Å²) in [7, 11) is 0. The Morgan fingerprint density at radius 1 is 1.00 bits per heavy atom. The van der Waals surface area contributed by atoms with Crippen LogP contribution < -0.4 is 10.6 Å². The molecule has 0 bridgehead atoms. The van der Waals surface area contributed by atoms with Crippen LogP contribution in [0.2, 0.25) is 0 Å². The zero-order valence-electron chi connectivity index (χ0n) is 18.8. The number of nitrogens with two attached hydrogens (primary N) is 1. The summed E-state index contributed by atoms with van der Waals surface area (Å²) in [6.07, 6.45) is 3.10. The second-order valence-electron chi connectivity index (χ2n) is 8.38. The first kappa shape index (κ1) is 21.2. The van der Waals surface area contributed by atoms with Crippen molar-refractivity contribution in [1.29, 1.82) is 0 Å². The molecule has 0 spiro atoms. The molecule has 0 amide bonds. The Hall–Kier alpha value is -4.37. The molecule has 0 radical (unpaired) electrons. The number of fused-ring (bicyclic) bond motifs is 3. The Labute approximate surface area is 200 Å². The first-order chi connectivity index (χ1) is 17.2. The third-order valence-electron chi connectivity index (χ3n) is 6.06. The maximum Gasteiger partial charge on any atom is 0.219 e. The lowest BCUT2D eigenvalue weighted by molar-refractivity contribution is 0.0992. The molecule has 9 heteroatoms. The average molecular weight is 467 g/mol. The van der Waals surface area contributed by atoms with Gasteiger partial charge in [0.2, 0.25) is 5.95 Å². The highest BCUT2D eigenvalue weighted by molar-refractivity contribution is 6.06. The van der Waals surface area contributed by atoms with E-state index in [4.69, 9.17) is 24.9 Å². The normalized spacial score (nSPS) is 14.0. The van der Waals surface area contributed by atoms with Crippen LogP contribution >= 0.6 is 0 Å². The molecule has 174 valence electrons. The molecule has 1 saturated heterocycles. The number of hydrogen-bond acceptors (Lipinski definition) is 9. The van der Waals surface area contributed by atoms with Crippen molar-refractivity contribution in [1.82, 2.24) is 19.9 Å². The van der Waals surface area contributed by atoms with E-state index >= 15 is 0 Å². The van der Waals surface area contributed by atoms with Crippen molar-refractivity contribution >= 4 is 39.6 Å². The van der Waals surface area contributed by atoms with Gasteiger partial charge in [-0.1, -0.05) is 30.3 Å². The topological polar surface area (TPSA) is 120 Å². The number of Topliss-reactive ketones (excluding diaryl/α,β-unsaturated/α-hetero) is 1. The first-order valence-corrected chi connectivity index (χ1v) is 11.4. The molecule has 4 heterocycles. The maximum absolute atomic E-state index is 12.7. The minimum Gasteiger partial charge on any atom is -0.450 e. The highest BCUT2D eigenvalue weighted by Gasteiger charge is 2.22. The van der Waals surface area contributed by atoms with Crippen LogP contribution in [-0.2, 0) is 11.2 Å². The molecule has 0 aliphatic carbocycles. The van der Waals surface area contributed by atoms with Crippen LogP contribution in [0, 0.1) is 0 Å². The third kappa shape index (κ3) is 4.06. The van der Waals surface area contributed by atoms with E-state index in [0.29, 0.717) is 30.2 Å². The lowest BCUT2D eigenvalue weighted by Gasteiger charge is -2.27. The molecule has 1 aliphatic heterocycles. The van der Waals surface area contributed by atoms with Gasteiger partial charge in [0.1, 0.15) is 11.1 Å². The molecule has 9 nitrogen and oxygen atoms in total. The molecule has 35 heavy (non-hydrogen) atoms. The Morgan fingerprint density at radius 3 is 2.63 bits per heavy atom. The summed E-state index contributed by atoms with van der Waals surface area (Å²) in [5.41, 5.74) is 9.84. The quantitative estimate of drug-likeness (QED) is 0.387. The molecule has 2 aromatic carbocycles. The van der Waals surface area contributed by atoms with E-state index in [1.165, 1.54) is 12.4 Å². The largest absolute Gasteiger partial charge is 0.450 e. The highest BCUT2D eigenvalue weighted by atomic mass is 16.5. The van der Waals surface area contributed by atoms with Gasteiger partial charge in [-0.2, -0.15) is 0 Å². The van der Waals surface area contributed by atoms with Crippen molar-refractivity contribution in [3.63, 3.8) is 0 Å². The van der Waals surface area contributed by atoms with Gasteiger partial charge in [-0.05, 0) is 23.8 Å². The summed E-state index contributed by atoms with van der Waals surface area (Å²) in [6, 6.07) is 15.6. The van der Waals surface area contributed by atoms with Crippen molar-refractivity contribution in [3.05, 3.63) is 72.1 Å². The standard InChI is InChI=1S/C26H22N6O3/c27-26-28-14-18(15-29-26)20(33)13-16-4-3-5-17(12-16)24-30-22-19-6-1-2-7-21(19)35-23(22)25(31-24)32-8-10-34-11-9-32/h1-7,12,14-15H,8-11,13H2,(H2,27,28,29). The molecule has 1 fully saturated rings. The number of anilines is 2. The van der Waals surface area contributed by atoms with E-state index in [-0.39, 0.29) is 18.2 Å². The van der Waals surface area contributed by atoms with Crippen molar-refractivity contribution < 1.29 is 13.9 Å². The maximum atomic E-state index is 12.7. The Balaban J connectivity index is 1.41. The molecule has 2 N–H and O–H groups in total. The number of furan rings is 1. The number of aromatic nitrogens is 4. The molecule has 5 aromatic rings. The predicted octanol–water partition coefficient (Wildman–Crippen LogP) is 3.68. The van der Waals surface area contributed by atoms with Crippen molar-refractivity contribution in [2.24, 2.45) is 0 Å². The van der Waals surface area contributed by atoms with E-state index < -0.39 is 0 Å². The monoisotopic (exact) mass is 466 g/mol. The Kier molecular flexibility index (Phi) is 5.31. The van der Waals surface area contributed by atoms with Crippen LogP contribution in [-0.4, -0.2) is 52.0 Å². The molecule has 0 saturated carbocycles. The number of benzene rings is 2. The number of nitrogen functional groups attached to an aromatic ring is 1. The van der Waals surface area contributed by atoms with Gasteiger partial charge in [-0.25, -0.2) is 19.9 Å². The average Bonchev–Trinajstić information content (AvgIpc) is 3.28. The summed E-state index contributed by atoms with van der Waals surface area (Å²) in [6.45, 7) is 2.71. The van der Waals surface area contributed by atoms with Gasteiger partial charge >= 0.3 is 0 Å². The fraction of sp³-hybridized carbons (Fsp3) is 0.192. The van der Waals surface area contributed by atoms with E-state index in [0.717, 1.165) is 46.5 Å². The van der Waals surface area contributed by atoms with Gasteiger partial charge in [-0.15, -0.1) is 0 Å². The second kappa shape index (κ2) is 8.77. The van der Waals surface area contributed by atoms with Crippen LogP contribution in [0.5, 0.6) is 0 Å². The first-order valence-electron chi connectivity index (χ1n) is 11.4. The fourth-order valence-corrected chi connectivity index (χ4v) is 4.28. The summed E-state index contributed by atoms with van der Waals surface area (Å²) >= 11 is 0. The summed E-state index contributed by atoms with van der Waals surface area (Å²) in [4.78, 5) is 32.6. The number of para-hydroxylation sites is 1. The molecule has 0 unspecified atom stereocenters. The SMILES string of the molecule is Nc1ncc(C(=O)Cc2cccc(-c3nc(N4CCOCC4)c4oc5ccccc5c4n3)c2)cn1. The molecular formula is C26H22N6O3. The van der Waals surface area contributed by atoms with Crippen LogP contribution in [0.25, 0.3) is 33.5 Å². The zero-order chi connectivity index (χ0) is 23.8. The van der Waals surface area contributed by atoms with Gasteiger partial charge in [0.15, 0.2) is 23.0 Å². The second-order valence-corrected chi connectivity index (χ2v) is 8.38. The minimum absolute atomic E-state index is 0.0895. The van der Waals surface area contributed by atoms with E-state index in [1.807, 2.05) is 48.5 Å². The lowest BCUT2D eigenvalue weighted by Crippen LogP contribution is -2.37. The van der Waals surface area contributed by atoms with Crippen molar-refractivity contribution in [2.45, 2.75) is 6.42 Å². The number of ether oxygens (including phenoxy) is 1. The molecule has 1 aliphatic rings. The number of ketones is 1. The van der Waals surface area contributed by atoms with Gasteiger partial charge in [-0.3, -0.25) is 4.79 Å². The molecule has 6 rings (SSSR count). The number of morpholine rings is 1. The number of carbonyl (C=O) groups is 1. The Morgan fingerprint density at radius 2 is 1.80 bits per heavy atom. The molecular weight excluding hydrogens is 444 g/mol. The van der Waals surface area contributed by atoms with Gasteiger partial charge in [0.25, 0.3) is 0 Å². The van der Waals surface area contributed by atoms with Crippen LogP contribution in [0.3, 0.4) is 0 Å². The summed E-state index contributed by atoms with van der Waals surface area (Å²) < 4.78 is 11.7. The number of rotatable bonds is 5. The van der Waals surface area contributed by atoms with Crippen LogP contribution in [0.4, 0.5) is 11.8 Å². The molecule has 0 atom stereocenters. The summed E-state index contributed by atoms with van der Waals surface area (Å²) in [5.74, 6) is 1.38. The predicted molar refractivity (Wildman–Crippen MR) is 132 cm³/mol. The lowest BCUT2D eigenvalue weighted by atomic mass is 10.0. The van der Waals surface area contributed by atoms with Crippen LogP contribution in [0.1, 0.15) is 15.9 Å².